The fraction of sp³-hybridized carbons (Fsp3) is 0.333. The van der Waals surface area contributed by atoms with Gasteiger partial charge >= 0.3 is 0 Å². The van der Waals surface area contributed by atoms with E-state index in [4.69, 9.17) is 16.0 Å². The second-order valence-electron chi connectivity index (χ2n) is 4.28. The maximum atomic E-state index is 5.96. The molecule has 1 aromatic carbocycles. The zero-order valence-electron chi connectivity index (χ0n) is 9.49. The molecule has 1 aliphatic carbocycles. The molecule has 1 aromatic heterocycles. The largest absolute Gasteiger partial charge is 0.419 e. The van der Waals surface area contributed by atoms with E-state index in [1.807, 2.05) is 6.07 Å². The standard InChI is InChI=1S/C12H11BrClN3O/c13-10-4-1-7(14)5-9(10)12-17-16-11(18-12)6-15-8-2-3-8/h1,4-5,8,15H,2-3,6H2. The van der Waals surface area contributed by atoms with Crippen molar-refractivity contribution in [1.29, 1.82) is 0 Å². The molecule has 1 saturated carbocycles. The lowest BCUT2D eigenvalue weighted by Gasteiger charge is -1.99. The van der Waals surface area contributed by atoms with Crippen LogP contribution in [-0.2, 0) is 6.54 Å². The summed E-state index contributed by atoms with van der Waals surface area (Å²) >= 11 is 9.41. The predicted octanol–water partition coefficient (Wildman–Crippen LogP) is 3.40. The zero-order chi connectivity index (χ0) is 12.5. The van der Waals surface area contributed by atoms with Crippen molar-refractivity contribution in [2.45, 2.75) is 25.4 Å². The van der Waals surface area contributed by atoms with E-state index in [2.05, 4.69) is 31.4 Å². The molecule has 0 spiro atoms. The molecule has 0 atom stereocenters. The van der Waals surface area contributed by atoms with Crippen LogP contribution in [0.15, 0.2) is 27.1 Å². The van der Waals surface area contributed by atoms with Crippen molar-refractivity contribution < 1.29 is 4.42 Å². The summed E-state index contributed by atoms with van der Waals surface area (Å²) in [5.41, 5.74) is 0.813. The smallest absolute Gasteiger partial charge is 0.249 e. The van der Waals surface area contributed by atoms with E-state index in [0.717, 1.165) is 10.0 Å². The van der Waals surface area contributed by atoms with E-state index >= 15 is 0 Å². The van der Waals surface area contributed by atoms with Crippen molar-refractivity contribution in [3.8, 4) is 11.5 Å². The van der Waals surface area contributed by atoms with Crippen LogP contribution in [0.4, 0.5) is 0 Å². The summed E-state index contributed by atoms with van der Waals surface area (Å²) in [5, 5.41) is 12.0. The van der Waals surface area contributed by atoms with Crippen molar-refractivity contribution in [2.24, 2.45) is 0 Å². The summed E-state index contributed by atoms with van der Waals surface area (Å²) in [6.45, 7) is 0.621. The Hall–Kier alpha value is -0.910. The van der Waals surface area contributed by atoms with Gasteiger partial charge in [-0.2, -0.15) is 0 Å². The third kappa shape index (κ3) is 2.74. The Morgan fingerprint density at radius 3 is 3.00 bits per heavy atom. The minimum Gasteiger partial charge on any atom is -0.419 e. The lowest BCUT2D eigenvalue weighted by atomic mass is 10.2. The number of benzene rings is 1. The van der Waals surface area contributed by atoms with Gasteiger partial charge in [0.2, 0.25) is 11.8 Å². The minimum absolute atomic E-state index is 0.483. The third-order valence-corrected chi connectivity index (χ3v) is 3.67. The lowest BCUT2D eigenvalue weighted by molar-refractivity contribution is 0.476. The van der Waals surface area contributed by atoms with E-state index in [1.165, 1.54) is 12.8 Å². The van der Waals surface area contributed by atoms with Crippen LogP contribution in [0.25, 0.3) is 11.5 Å². The molecule has 0 bridgehead atoms. The van der Waals surface area contributed by atoms with Crippen molar-refractivity contribution in [3.05, 3.63) is 33.6 Å². The Labute approximate surface area is 118 Å². The summed E-state index contributed by atoms with van der Waals surface area (Å²) in [5.74, 6) is 1.08. The monoisotopic (exact) mass is 327 g/mol. The van der Waals surface area contributed by atoms with Crippen LogP contribution in [0.2, 0.25) is 5.02 Å². The van der Waals surface area contributed by atoms with Gasteiger partial charge in [-0.15, -0.1) is 10.2 Å². The normalized spacial score (nSPS) is 15.0. The summed E-state index contributed by atoms with van der Waals surface area (Å²) in [4.78, 5) is 0. The molecular formula is C12H11BrClN3O. The van der Waals surface area contributed by atoms with Crippen molar-refractivity contribution in [1.82, 2.24) is 15.5 Å². The molecule has 0 saturated heterocycles. The van der Waals surface area contributed by atoms with Crippen LogP contribution in [0.3, 0.4) is 0 Å². The maximum Gasteiger partial charge on any atom is 0.249 e. The Morgan fingerprint density at radius 2 is 2.22 bits per heavy atom. The number of nitrogens with one attached hydrogen (secondary N) is 1. The topological polar surface area (TPSA) is 51.0 Å². The number of halogens is 2. The first kappa shape index (κ1) is 12.1. The molecule has 1 fully saturated rings. The highest BCUT2D eigenvalue weighted by atomic mass is 79.9. The molecule has 18 heavy (non-hydrogen) atoms. The second kappa shape index (κ2) is 4.99. The molecule has 6 heteroatoms. The first-order chi connectivity index (χ1) is 8.72. The number of nitrogens with zero attached hydrogens (tertiary/aromatic N) is 2. The van der Waals surface area contributed by atoms with Gasteiger partial charge in [-0.25, -0.2) is 0 Å². The molecule has 4 nitrogen and oxygen atoms in total. The quantitative estimate of drug-likeness (QED) is 0.934. The van der Waals surface area contributed by atoms with Crippen LogP contribution in [-0.4, -0.2) is 16.2 Å². The van der Waals surface area contributed by atoms with E-state index in [1.54, 1.807) is 12.1 Å². The molecule has 1 N–H and O–H groups in total. The third-order valence-electron chi connectivity index (χ3n) is 2.74. The fourth-order valence-electron chi connectivity index (χ4n) is 1.61. The van der Waals surface area contributed by atoms with Gasteiger partial charge in [0.25, 0.3) is 0 Å². The zero-order valence-corrected chi connectivity index (χ0v) is 11.8. The van der Waals surface area contributed by atoms with Gasteiger partial charge in [0.1, 0.15) is 0 Å². The summed E-state index contributed by atoms with van der Waals surface area (Å²) in [6, 6.07) is 6.10. The molecule has 1 heterocycles. The van der Waals surface area contributed by atoms with Crippen LogP contribution in [0.5, 0.6) is 0 Å². The first-order valence-electron chi connectivity index (χ1n) is 5.73. The van der Waals surface area contributed by atoms with Gasteiger partial charge in [-0.3, -0.25) is 0 Å². The van der Waals surface area contributed by atoms with Crippen molar-refractivity contribution in [2.75, 3.05) is 0 Å². The van der Waals surface area contributed by atoms with E-state index in [9.17, 15) is 0 Å². The highest BCUT2D eigenvalue weighted by Crippen LogP contribution is 2.30. The van der Waals surface area contributed by atoms with E-state index in [-0.39, 0.29) is 0 Å². The summed E-state index contributed by atoms with van der Waals surface area (Å²) < 4.78 is 6.50. The number of aromatic nitrogens is 2. The molecular weight excluding hydrogens is 318 g/mol. The van der Waals surface area contributed by atoms with Crippen molar-refractivity contribution in [3.63, 3.8) is 0 Å². The van der Waals surface area contributed by atoms with Gasteiger partial charge in [0.15, 0.2) is 0 Å². The molecule has 0 unspecified atom stereocenters. The highest BCUT2D eigenvalue weighted by Gasteiger charge is 2.21. The Bertz CT molecular complexity index is 568. The predicted molar refractivity (Wildman–Crippen MR) is 72.3 cm³/mol. The fourth-order valence-corrected chi connectivity index (χ4v) is 2.20. The Balaban J connectivity index is 1.80. The maximum absolute atomic E-state index is 5.96. The Kier molecular flexibility index (Phi) is 3.37. The van der Waals surface area contributed by atoms with Crippen molar-refractivity contribution >= 4 is 27.5 Å². The minimum atomic E-state index is 0.483. The van der Waals surface area contributed by atoms with Gasteiger partial charge in [-0.05, 0) is 47.0 Å². The second-order valence-corrected chi connectivity index (χ2v) is 5.57. The molecule has 0 aliphatic heterocycles. The molecule has 0 radical (unpaired) electrons. The van der Waals surface area contributed by atoms with Crippen LogP contribution in [0.1, 0.15) is 18.7 Å². The number of rotatable bonds is 4. The SMILES string of the molecule is Clc1ccc(Br)c(-c2nnc(CNC3CC3)o2)c1. The Morgan fingerprint density at radius 1 is 1.39 bits per heavy atom. The lowest BCUT2D eigenvalue weighted by Crippen LogP contribution is -2.15. The summed E-state index contributed by atoms with van der Waals surface area (Å²) in [6.07, 6.45) is 2.47. The molecule has 1 aliphatic rings. The van der Waals surface area contributed by atoms with Crippen LogP contribution in [0, 0.1) is 0 Å². The molecule has 0 amide bonds. The highest BCUT2D eigenvalue weighted by molar-refractivity contribution is 9.10. The summed E-state index contributed by atoms with van der Waals surface area (Å²) in [7, 11) is 0. The number of hydrogen-bond donors (Lipinski definition) is 1. The first-order valence-corrected chi connectivity index (χ1v) is 6.90. The average Bonchev–Trinajstić information content (AvgIpc) is 3.08. The number of hydrogen-bond acceptors (Lipinski definition) is 4. The van der Waals surface area contributed by atoms with E-state index in [0.29, 0.717) is 29.4 Å². The molecule has 2 aromatic rings. The molecule has 94 valence electrons. The molecule has 3 rings (SSSR count). The van der Waals surface area contributed by atoms with Gasteiger partial charge in [0, 0.05) is 15.5 Å². The van der Waals surface area contributed by atoms with Crippen LogP contribution < -0.4 is 5.32 Å². The average molecular weight is 329 g/mol. The van der Waals surface area contributed by atoms with Crippen LogP contribution >= 0.6 is 27.5 Å². The van der Waals surface area contributed by atoms with E-state index < -0.39 is 0 Å². The van der Waals surface area contributed by atoms with Gasteiger partial charge < -0.3 is 9.73 Å². The van der Waals surface area contributed by atoms with Gasteiger partial charge in [-0.1, -0.05) is 11.6 Å². The van der Waals surface area contributed by atoms with Gasteiger partial charge in [0.05, 0.1) is 12.1 Å².